The van der Waals surface area contributed by atoms with Gasteiger partial charge < -0.3 is 25.6 Å². The van der Waals surface area contributed by atoms with Crippen LogP contribution >= 0.6 is 0 Å². The van der Waals surface area contributed by atoms with Gasteiger partial charge in [-0.2, -0.15) is 0 Å². The molecule has 0 spiro atoms. The lowest BCUT2D eigenvalue weighted by Crippen LogP contribution is -2.65. The summed E-state index contributed by atoms with van der Waals surface area (Å²) >= 11 is 0. The molecule has 4 amide bonds. The molecule has 0 aliphatic carbocycles. The van der Waals surface area contributed by atoms with Gasteiger partial charge in [0.1, 0.15) is 23.7 Å². The molecule has 0 bridgehead atoms. The first-order valence-corrected chi connectivity index (χ1v) is 16.1. The summed E-state index contributed by atoms with van der Waals surface area (Å²) < 4.78 is 5.36. The van der Waals surface area contributed by atoms with E-state index in [1.165, 1.54) is 0 Å². The standard InChI is InChI=1S/C36H42N4O6/c1-3-36(2)35(45)38-29(23-26-17-11-16-24-13-7-8-18-27(24)26)33(43)40-21-12-20-30(40)32(42)37-28(31(41)39-36)19-9-10-22-46-34(44)25-14-5-4-6-15-25/h4-8,11,13-18,28-30H,3,9-10,12,19-23H2,1-2H3,(H,37,42)(H,38,45)(H,39,41)/t28-,29?,30+,36-/m0/s1. The molecule has 2 aliphatic heterocycles. The largest absolute Gasteiger partial charge is 0.462 e. The first kappa shape index (κ1) is 32.7. The normalized spacial score (nSPS) is 23.9. The fourth-order valence-electron chi connectivity index (χ4n) is 6.19. The molecule has 5 rings (SSSR count). The van der Waals surface area contributed by atoms with Crippen molar-refractivity contribution in [1.29, 1.82) is 0 Å². The highest BCUT2D eigenvalue weighted by Crippen LogP contribution is 2.24. The molecule has 3 N–H and O–H groups in total. The Morgan fingerprint density at radius 3 is 2.41 bits per heavy atom. The van der Waals surface area contributed by atoms with Crippen molar-refractivity contribution in [3.63, 3.8) is 0 Å². The first-order valence-electron chi connectivity index (χ1n) is 16.1. The van der Waals surface area contributed by atoms with E-state index in [2.05, 4.69) is 16.0 Å². The molecule has 4 atom stereocenters. The number of esters is 1. The molecule has 0 aromatic heterocycles. The van der Waals surface area contributed by atoms with Crippen LogP contribution in [0.2, 0.25) is 0 Å². The number of nitrogens with zero attached hydrogens (tertiary/aromatic N) is 1. The summed E-state index contributed by atoms with van der Waals surface area (Å²) in [7, 11) is 0. The van der Waals surface area contributed by atoms with E-state index < -0.39 is 47.4 Å². The van der Waals surface area contributed by atoms with Crippen molar-refractivity contribution in [2.45, 2.75) is 82.5 Å². The molecule has 10 heteroatoms. The van der Waals surface area contributed by atoms with Gasteiger partial charge in [0.05, 0.1) is 12.2 Å². The monoisotopic (exact) mass is 626 g/mol. The number of carbonyl (C=O) groups excluding carboxylic acids is 5. The van der Waals surface area contributed by atoms with Gasteiger partial charge in [0.15, 0.2) is 0 Å². The lowest BCUT2D eigenvalue weighted by Gasteiger charge is -2.36. The third-order valence-corrected chi connectivity index (χ3v) is 9.12. The molecule has 3 aromatic rings. The van der Waals surface area contributed by atoms with Gasteiger partial charge in [0, 0.05) is 13.0 Å². The second kappa shape index (κ2) is 14.6. The number of hydrogen-bond donors (Lipinski definition) is 3. The van der Waals surface area contributed by atoms with Crippen molar-refractivity contribution in [3.8, 4) is 0 Å². The van der Waals surface area contributed by atoms with E-state index in [-0.39, 0.29) is 31.8 Å². The van der Waals surface area contributed by atoms with Crippen LogP contribution in [0.25, 0.3) is 10.8 Å². The number of rotatable bonds is 9. The molecule has 0 saturated carbocycles. The maximum Gasteiger partial charge on any atom is 0.338 e. The number of fused-ring (bicyclic) bond motifs is 2. The molecular weight excluding hydrogens is 584 g/mol. The van der Waals surface area contributed by atoms with Crippen LogP contribution in [0.5, 0.6) is 0 Å². The summed E-state index contributed by atoms with van der Waals surface area (Å²) in [5.41, 5.74) is 0.0352. The second-order valence-electron chi connectivity index (χ2n) is 12.3. The summed E-state index contributed by atoms with van der Waals surface area (Å²) in [6, 6.07) is 19.8. The van der Waals surface area contributed by atoms with Crippen LogP contribution in [-0.4, -0.2) is 71.3 Å². The van der Waals surface area contributed by atoms with Crippen LogP contribution in [0.3, 0.4) is 0 Å². The lowest BCUT2D eigenvalue weighted by molar-refractivity contribution is -0.144. The topological polar surface area (TPSA) is 134 Å². The molecule has 1 unspecified atom stereocenters. The van der Waals surface area contributed by atoms with E-state index in [1.54, 1.807) is 43.0 Å². The van der Waals surface area contributed by atoms with Crippen LogP contribution in [0.4, 0.5) is 0 Å². The van der Waals surface area contributed by atoms with E-state index in [1.807, 2.05) is 48.5 Å². The number of hydrogen-bond acceptors (Lipinski definition) is 6. The van der Waals surface area contributed by atoms with Crippen molar-refractivity contribution < 1.29 is 28.7 Å². The zero-order chi connectivity index (χ0) is 32.7. The van der Waals surface area contributed by atoms with E-state index in [0.717, 1.165) is 16.3 Å². The average Bonchev–Trinajstić information content (AvgIpc) is 3.57. The molecule has 242 valence electrons. The zero-order valence-electron chi connectivity index (χ0n) is 26.4. The van der Waals surface area contributed by atoms with Gasteiger partial charge in [-0.1, -0.05) is 67.6 Å². The summed E-state index contributed by atoms with van der Waals surface area (Å²) in [6.07, 6.45) is 2.83. The Hall–Kier alpha value is -4.73. The van der Waals surface area contributed by atoms with Gasteiger partial charge >= 0.3 is 5.97 Å². The fourth-order valence-corrected chi connectivity index (χ4v) is 6.19. The number of carbonyl (C=O) groups is 5. The maximum absolute atomic E-state index is 14.1. The summed E-state index contributed by atoms with van der Waals surface area (Å²) in [5, 5.41) is 10.7. The molecule has 3 aromatic carbocycles. The average molecular weight is 627 g/mol. The fraction of sp³-hybridized carbons (Fsp3) is 0.417. The summed E-state index contributed by atoms with van der Waals surface area (Å²) in [5.74, 6) is -2.07. The predicted molar refractivity (Wildman–Crippen MR) is 174 cm³/mol. The van der Waals surface area contributed by atoms with Crippen LogP contribution < -0.4 is 16.0 Å². The Balaban J connectivity index is 1.33. The van der Waals surface area contributed by atoms with Crippen LogP contribution in [0.15, 0.2) is 72.8 Å². The van der Waals surface area contributed by atoms with E-state index in [4.69, 9.17) is 4.74 Å². The molecule has 10 nitrogen and oxygen atoms in total. The highest BCUT2D eigenvalue weighted by Gasteiger charge is 2.43. The molecule has 2 saturated heterocycles. The van der Waals surface area contributed by atoms with E-state index >= 15 is 0 Å². The molecule has 0 radical (unpaired) electrons. The van der Waals surface area contributed by atoms with Crippen LogP contribution in [0, 0.1) is 0 Å². The highest BCUT2D eigenvalue weighted by atomic mass is 16.5. The van der Waals surface area contributed by atoms with E-state index in [0.29, 0.717) is 37.8 Å². The maximum atomic E-state index is 14.1. The Kier molecular flexibility index (Phi) is 10.3. The van der Waals surface area contributed by atoms with Crippen molar-refractivity contribution in [2.24, 2.45) is 0 Å². The molecule has 46 heavy (non-hydrogen) atoms. The van der Waals surface area contributed by atoms with Crippen molar-refractivity contribution in [1.82, 2.24) is 20.9 Å². The minimum Gasteiger partial charge on any atom is -0.462 e. The van der Waals surface area contributed by atoms with Crippen LogP contribution in [0.1, 0.15) is 68.3 Å². The van der Waals surface area contributed by atoms with Gasteiger partial charge in [-0.3, -0.25) is 19.2 Å². The molecule has 2 fully saturated rings. The molecular formula is C36H42N4O6. The van der Waals surface area contributed by atoms with Crippen molar-refractivity contribution >= 4 is 40.4 Å². The van der Waals surface area contributed by atoms with E-state index in [9.17, 15) is 24.0 Å². The van der Waals surface area contributed by atoms with Gasteiger partial charge in [0.25, 0.3) is 0 Å². The smallest absolute Gasteiger partial charge is 0.338 e. The van der Waals surface area contributed by atoms with Gasteiger partial charge in [-0.15, -0.1) is 0 Å². The van der Waals surface area contributed by atoms with Crippen molar-refractivity contribution in [2.75, 3.05) is 13.2 Å². The number of nitrogens with one attached hydrogen (secondary N) is 3. The second-order valence-corrected chi connectivity index (χ2v) is 12.3. The van der Waals surface area contributed by atoms with Crippen molar-refractivity contribution in [3.05, 3.63) is 83.9 Å². The SMILES string of the molecule is CC[C@]1(C)NC(=O)[C@H](CCCCOC(=O)c2ccccc2)NC(=O)[C@H]2CCCN2C(=O)C(Cc2cccc3ccccc23)NC1=O. The Bertz CT molecular complexity index is 1590. The summed E-state index contributed by atoms with van der Waals surface area (Å²) in [4.78, 5) is 69.1. The lowest BCUT2D eigenvalue weighted by atomic mass is 9.93. The highest BCUT2D eigenvalue weighted by molar-refractivity contribution is 5.99. The minimum absolute atomic E-state index is 0.161. The van der Waals surface area contributed by atoms with Gasteiger partial charge in [-0.05, 0) is 73.9 Å². The number of ether oxygens (including phenoxy) is 1. The minimum atomic E-state index is -1.33. The Morgan fingerprint density at radius 1 is 0.891 bits per heavy atom. The first-order chi connectivity index (χ1) is 22.2. The van der Waals surface area contributed by atoms with Gasteiger partial charge in [-0.25, -0.2) is 4.79 Å². The predicted octanol–water partition coefficient (Wildman–Crippen LogP) is 3.67. The third-order valence-electron chi connectivity index (χ3n) is 9.12. The zero-order valence-corrected chi connectivity index (χ0v) is 26.4. The third kappa shape index (κ3) is 7.38. The van der Waals surface area contributed by atoms with Gasteiger partial charge in [0.2, 0.25) is 23.6 Å². The Morgan fingerprint density at radius 2 is 1.63 bits per heavy atom. The molecule has 2 heterocycles. The summed E-state index contributed by atoms with van der Waals surface area (Å²) in [6.45, 7) is 3.96. The number of benzene rings is 3. The van der Waals surface area contributed by atoms with Crippen LogP contribution in [-0.2, 0) is 30.3 Å². The number of unbranched alkanes of at least 4 members (excludes halogenated alkanes) is 1. The molecule has 2 aliphatic rings. The Labute approximate surface area is 269 Å². The quantitative estimate of drug-likeness (QED) is 0.245. The number of amides is 4.